The maximum Gasteiger partial charge on any atom is 0.107 e. The average molecular weight is 282 g/mol. The Balaban J connectivity index is 1.35. The summed E-state index contributed by atoms with van der Waals surface area (Å²) in [5.41, 5.74) is 5.05. The van der Waals surface area contributed by atoms with Gasteiger partial charge in [0.15, 0.2) is 0 Å². The minimum absolute atomic E-state index is 0.0536. The van der Waals surface area contributed by atoms with Gasteiger partial charge in [-0.1, -0.05) is 48.5 Å². The van der Waals surface area contributed by atoms with Crippen molar-refractivity contribution in [2.75, 3.05) is 13.2 Å². The summed E-state index contributed by atoms with van der Waals surface area (Å²) in [6.07, 6.45) is 0.107. The van der Waals surface area contributed by atoms with E-state index in [0.717, 1.165) is 0 Å². The zero-order valence-electron chi connectivity index (χ0n) is 11.8. The van der Waals surface area contributed by atoms with Gasteiger partial charge in [0.25, 0.3) is 0 Å². The molecule has 2 aliphatic heterocycles. The van der Waals surface area contributed by atoms with E-state index < -0.39 is 0 Å². The zero-order chi connectivity index (χ0) is 14.1. The van der Waals surface area contributed by atoms with Crippen LogP contribution in [0.3, 0.4) is 0 Å². The van der Waals surface area contributed by atoms with Crippen LogP contribution in [0.2, 0.25) is 0 Å². The van der Waals surface area contributed by atoms with Crippen LogP contribution in [0.15, 0.2) is 48.5 Å². The van der Waals surface area contributed by atoms with Crippen molar-refractivity contribution in [3.8, 4) is 0 Å². The van der Waals surface area contributed by atoms with E-state index in [9.17, 15) is 0 Å². The minimum atomic E-state index is 0.0536. The summed E-state index contributed by atoms with van der Waals surface area (Å²) in [6, 6.07) is 16.7. The van der Waals surface area contributed by atoms with Gasteiger partial charge in [0.1, 0.15) is 12.2 Å². The molecule has 3 nitrogen and oxygen atoms in total. The Morgan fingerprint density at radius 3 is 1.76 bits per heavy atom. The number of fused-ring (bicyclic) bond motifs is 2. The molecule has 4 rings (SSSR count). The number of benzene rings is 2. The Morgan fingerprint density at radius 1 is 0.762 bits per heavy atom. The highest BCUT2D eigenvalue weighted by Crippen LogP contribution is 2.33. The van der Waals surface area contributed by atoms with Crippen LogP contribution in [0.4, 0.5) is 0 Å². The van der Waals surface area contributed by atoms with Crippen molar-refractivity contribution in [3.05, 3.63) is 70.8 Å². The normalized spacial score (nSPS) is 23.0. The van der Waals surface area contributed by atoms with Gasteiger partial charge in [0.05, 0.1) is 26.4 Å². The third-order valence-corrected chi connectivity index (χ3v) is 4.22. The molecule has 0 aliphatic carbocycles. The summed E-state index contributed by atoms with van der Waals surface area (Å²) in [4.78, 5) is 0. The molecule has 108 valence electrons. The van der Waals surface area contributed by atoms with Crippen molar-refractivity contribution in [2.45, 2.75) is 25.4 Å². The first-order valence-electron chi connectivity index (χ1n) is 7.38. The summed E-state index contributed by atoms with van der Waals surface area (Å²) in [6.45, 7) is 2.54. The van der Waals surface area contributed by atoms with Crippen LogP contribution in [0, 0.1) is 0 Å². The quantitative estimate of drug-likeness (QED) is 0.858. The molecule has 0 amide bonds. The smallest absolute Gasteiger partial charge is 0.107 e. The van der Waals surface area contributed by atoms with Crippen molar-refractivity contribution < 1.29 is 14.2 Å². The molecule has 2 atom stereocenters. The van der Waals surface area contributed by atoms with E-state index in [-0.39, 0.29) is 12.2 Å². The Kier molecular flexibility index (Phi) is 3.47. The van der Waals surface area contributed by atoms with E-state index >= 15 is 0 Å². The predicted molar refractivity (Wildman–Crippen MR) is 78.8 cm³/mol. The molecule has 0 N–H and O–H groups in total. The Morgan fingerprint density at radius 2 is 1.24 bits per heavy atom. The third kappa shape index (κ3) is 2.48. The molecule has 21 heavy (non-hydrogen) atoms. The monoisotopic (exact) mass is 282 g/mol. The van der Waals surface area contributed by atoms with Crippen molar-refractivity contribution in [3.63, 3.8) is 0 Å². The minimum Gasteiger partial charge on any atom is -0.375 e. The van der Waals surface area contributed by atoms with Crippen molar-refractivity contribution >= 4 is 0 Å². The molecule has 0 saturated carbocycles. The molecule has 2 heterocycles. The lowest BCUT2D eigenvalue weighted by Gasteiger charge is -2.15. The molecule has 3 heteroatoms. The van der Waals surface area contributed by atoms with Crippen molar-refractivity contribution in [1.82, 2.24) is 0 Å². The van der Waals surface area contributed by atoms with E-state index in [1.165, 1.54) is 22.3 Å². The lowest BCUT2D eigenvalue weighted by molar-refractivity contribution is -0.0508. The summed E-state index contributed by atoms with van der Waals surface area (Å²) >= 11 is 0. The molecule has 0 radical (unpaired) electrons. The van der Waals surface area contributed by atoms with Gasteiger partial charge in [-0.3, -0.25) is 0 Å². The van der Waals surface area contributed by atoms with Crippen LogP contribution in [0.5, 0.6) is 0 Å². The molecule has 0 saturated heterocycles. The zero-order valence-corrected chi connectivity index (χ0v) is 11.8. The first-order chi connectivity index (χ1) is 10.4. The Hall–Kier alpha value is -1.68. The maximum atomic E-state index is 5.87. The maximum absolute atomic E-state index is 5.87. The van der Waals surface area contributed by atoms with Gasteiger partial charge in [-0.15, -0.1) is 0 Å². The van der Waals surface area contributed by atoms with E-state index in [1.807, 2.05) is 0 Å². The van der Waals surface area contributed by atoms with Gasteiger partial charge in [-0.25, -0.2) is 0 Å². The van der Waals surface area contributed by atoms with E-state index in [1.54, 1.807) is 0 Å². The summed E-state index contributed by atoms with van der Waals surface area (Å²) in [7, 11) is 0. The molecular formula is C18H18O3. The van der Waals surface area contributed by atoms with Crippen LogP contribution < -0.4 is 0 Å². The van der Waals surface area contributed by atoms with Gasteiger partial charge in [0, 0.05) is 0 Å². The highest BCUT2D eigenvalue weighted by Gasteiger charge is 2.25. The second-order valence-corrected chi connectivity index (χ2v) is 5.53. The lowest BCUT2D eigenvalue weighted by Crippen LogP contribution is -2.12. The molecule has 0 spiro atoms. The predicted octanol–water partition coefficient (Wildman–Crippen LogP) is 3.55. The van der Waals surface area contributed by atoms with Crippen LogP contribution in [-0.4, -0.2) is 13.2 Å². The van der Waals surface area contributed by atoms with Gasteiger partial charge in [-0.05, 0) is 22.3 Å². The molecule has 2 aliphatic rings. The fourth-order valence-electron chi connectivity index (χ4n) is 3.08. The second kappa shape index (κ2) is 5.60. The summed E-state index contributed by atoms with van der Waals surface area (Å²) in [5.74, 6) is 0. The number of hydrogen-bond acceptors (Lipinski definition) is 3. The van der Waals surface area contributed by atoms with Gasteiger partial charge >= 0.3 is 0 Å². The first-order valence-corrected chi connectivity index (χ1v) is 7.38. The van der Waals surface area contributed by atoms with Gasteiger partial charge in [0.2, 0.25) is 0 Å². The Labute approximate surface area is 124 Å². The highest BCUT2D eigenvalue weighted by molar-refractivity contribution is 5.32. The van der Waals surface area contributed by atoms with Crippen molar-refractivity contribution in [2.24, 2.45) is 0 Å². The van der Waals surface area contributed by atoms with Crippen LogP contribution in [0.1, 0.15) is 34.5 Å². The summed E-state index contributed by atoms with van der Waals surface area (Å²) in [5, 5.41) is 0. The number of rotatable bonds is 4. The van der Waals surface area contributed by atoms with Crippen LogP contribution >= 0.6 is 0 Å². The van der Waals surface area contributed by atoms with E-state index in [4.69, 9.17) is 14.2 Å². The highest BCUT2D eigenvalue weighted by atomic mass is 16.6. The Bertz CT molecular complexity index is 582. The largest absolute Gasteiger partial charge is 0.375 e. The fraction of sp³-hybridized carbons (Fsp3) is 0.333. The van der Waals surface area contributed by atoms with E-state index in [2.05, 4.69) is 48.5 Å². The molecule has 2 aromatic rings. The molecular weight excluding hydrogens is 264 g/mol. The average Bonchev–Trinajstić information content (AvgIpc) is 3.13. The molecule has 0 fully saturated rings. The topological polar surface area (TPSA) is 27.7 Å². The van der Waals surface area contributed by atoms with E-state index in [0.29, 0.717) is 26.4 Å². The van der Waals surface area contributed by atoms with Crippen LogP contribution in [0.25, 0.3) is 0 Å². The third-order valence-electron chi connectivity index (χ3n) is 4.22. The second-order valence-electron chi connectivity index (χ2n) is 5.53. The molecule has 2 aromatic carbocycles. The molecule has 0 bridgehead atoms. The lowest BCUT2D eigenvalue weighted by atomic mass is 10.1. The van der Waals surface area contributed by atoms with Crippen LogP contribution in [-0.2, 0) is 27.4 Å². The first kappa shape index (κ1) is 13.0. The molecule has 2 unspecified atom stereocenters. The standard InChI is InChI=1S/C18H18O3/c1-3-7-15-13(5-1)9-20-17(15)11-19-12-18-16-8-4-2-6-14(16)10-21-18/h1-8,17-18H,9-12H2. The summed E-state index contributed by atoms with van der Waals surface area (Å²) < 4.78 is 17.4. The van der Waals surface area contributed by atoms with Gasteiger partial charge < -0.3 is 14.2 Å². The number of hydrogen-bond donors (Lipinski definition) is 0. The molecule has 0 aromatic heterocycles. The SMILES string of the molecule is c1ccc2c(c1)COC2COCC1OCc2ccccc21. The fourth-order valence-corrected chi connectivity index (χ4v) is 3.08. The van der Waals surface area contributed by atoms with Crippen molar-refractivity contribution in [1.29, 1.82) is 0 Å². The van der Waals surface area contributed by atoms with Gasteiger partial charge in [-0.2, -0.15) is 0 Å². The number of ether oxygens (including phenoxy) is 3.